The predicted octanol–water partition coefficient (Wildman–Crippen LogP) is 0.735. The van der Waals surface area contributed by atoms with Gasteiger partial charge in [-0.15, -0.1) is 11.8 Å². The van der Waals surface area contributed by atoms with E-state index in [1.807, 2.05) is 6.92 Å². The maximum atomic E-state index is 11.6. The number of thioether (sulfide) groups is 1. The van der Waals surface area contributed by atoms with Crippen molar-refractivity contribution in [3.63, 3.8) is 0 Å². The molecule has 1 heterocycles. The van der Waals surface area contributed by atoms with Crippen molar-refractivity contribution in [2.75, 3.05) is 12.3 Å². The third kappa shape index (κ3) is 3.56. The zero-order valence-corrected chi connectivity index (χ0v) is 8.90. The van der Waals surface area contributed by atoms with Crippen molar-refractivity contribution in [1.29, 1.82) is 0 Å². The van der Waals surface area contributed by atoms with Gasteiger partial charge in [-0.05, 0) is 25.5 Å². The number of carbonyl (C=O) groups excluding carboxylic acids is 1. The van der Waals surface area contributed by atoms with E-state index in [1.54, 1.807) is 11.8 Å². The van der Waals surface area contributed by atoms with Crippen LogP contribution in [0.5, 0.6) is 0 Å². The quantitative estimate of drug-likeness (QED) is 0.709. The molecule has 3 nitrogen and oxygen atoms in total. The van der Waals surface area contributed by atoms with E-state index < -0.39 is 0 Å². The summed E-state index contributed by atoms with van der Waals surface area (Å²) in [4.78, 5) is 11.6. The van der Waals surface area contributed by atoms with Crippen LogP contribution in [0.15, 0.2) is 0 Å². The Hall–Kier alpha value is -0.220. The van der Waals surface area contributed by atoms with Crippen molar-refractivity contribution in [2.45, 2.75) is 37.5 Å². The largest absolute Gasteiger partial charge is 0.351 e. The normalized spacial score (nSPS) is 25.2. The summed E-state index contributed by atoms with van der Waals surface area (Å²) in [6, 6.07) is 0.107. The molecule has 0 saturated carbocycles. The minimum absolute atomic E-state index is 0.107. The molecule has 2 atom stereocenters. The van der Waals surface area contributed by atoms with Crippen LogP contribution >= 0.6 is 11.8 Å². The summed E-state index contributed by atoms with van der Waals surface area (Å²) in [6.07, 6.45) is 3.46. The molecule has 1 amide bonds. The molecule has 76 valence electrons. The summed E-state index contributed by atoms with van der Waals surface area (Å²) in [5.41, 5.74) is 5.43. The van der Waals surface area contributed by atoms with Gasteiger partial charge in [0, 0.05) is 12.6 Å². The van der Waals surface area contributed by atoms with Crippen LogP contribution in [0.3, 0.4) is 0 Å². The summed E-state index contributed by atoms with van der Waals surface area (Å²) in [5.74, 6) is 1.29. The molecule has 0 aromatic carbocycles. The minimum atomic E-state index is 0.107. The van der Waals surface area contributed by atoms with Crippen LogP contribution in [-0.4, -0.2) is 29.5 Å². The first-order valence-corrected chi connectivity index (χ1v) is 5.91. The molecule has 0 aromatic heterocycles. The number of nitrogens with two attached hydrogens (primary N) is 1. The number of hydrogen-bond donors (Lipinski definition) is 2. The summed E-state index contributed by atoms with van der Waals surface area (Å²) in [6.45, 7) is 2.45. The molecule has 0 radical (unpaired) electrons. The number of hydrogen-bond acceptors (Lipinski definition) is 3. The molecule has 0 aromatic rings. The van der Waals surface area contributed by atoms with Gasteiger partial charge in [0.15, 0.2) is 0 Å². The summed E-state index contributed by atoms with van der Waals surface area (Å²) in [7, 11) is 0. The van der Waals surface area contributed by atoms with Crippen LogP contribution in [0.25, 0.3) is 0 Å². The van der Waals surface area contributed by atoms with Crippen molar-refractivity contribution < 1.29 is 4.79 Å². The molecule has 0 aliphatic carbocycles. The fourth-order valence-corrected chi connectivity index (χ4v) is 2.55. The van der Waals surface area contributed by atoms with E-state index >= 15 is 0 Å². The molecule has 0 spiro atoms. The second-order valence-electron chi connectivity index (χ2n) is 3.50. The lowest BCUT2D eigenvalue weighted by molar-refractivity contribution is -0.121. The van der Waals surface area contributed by atoms with Crippen LogP contribution in [0, 0.1) is 0 Å². The Morgan fingerprint density at radius 3 is 3.00 bits per heavy atom. The van der Waals surface area contributed by atoms with E-state index in [9.17, 15) is 4.79 Å². The predicted molar refractivity (Wildman–Crippen MR) is 56.8 cm³/mol. The van der Waals surface area contributed by atoms with Crippen LogP contribution in [0.2, 0.25) is 0 Å². The van der Waals surface area contributed by atoms with Crippen molar-refractivity contribution in [2.24, 2.45) is 5.73 Å². The molecule has 1 aliphatic rings. The molecule has 13 heavy (non-hydrogen) atoms. The fraction of sp³-hybridized carbons (Fsp3) is 0.889. The third-order valence-corrected chi connectivity index (χ3v) is 3.59. The van der Waals surface area contributed by atoms with Crippen LogP contribution in [0.1, 0.15) is 26.2 Å². The van der Waals surface area contributed by atoms with Gasteiger partial charge in [0.1, 0.15) is 0 Å². The monoisotopic (exact) mass is 202 g/mol. The zero-order chi connectivity index (χ0) is 9.68. The standard InChI is InChI=1S/C9H18N2OS/c1-7(6-10)11-9(12)8-4-2-3-5-13-8/h7-8H,2-6,10H2,1H3,(H,11,12)/t7-,8?/m1/s1. The van der Waals surface area contributed by atoms with Gasteiger partial charge < -0.3 is 11.1 Å². The Labute approximate surface area is 83.8 Å². The Bertz CT molecular complexity index is 169. The first-order chi connectivity index (χ1) is 6.24. The molecule has 1 saturated heterocycles. The van der Waals surface area contributed by atoms with E-state index in [4.69, 9.17) is 5.73 Å². The van der Waals surface area contributed by atoms with E-state index in [-0.39, 0.29) is 17.2 Å². The van der Waals surface area contributed by atoms with Gasteiger partial charge in [0.05, 0.1) is 5.25 Å². The number of carbonyl (C=O) groups is 1. The first-order valence-electron chi connectivity index (χ1n) is 4.86. The first kappa shape index (κ1) is 10.9. The summed E-state index contributed by atoms with van der Waals surface area (Å²) >= 11 is 1.77. The van der Waals surface area contributed by atoms with Crippen molar-refractivity contribution in [3.8, 4) is 0 Å². The van der Waals surface area contributed by atoms with Crippen LogP contribution in [-0.2, 0) is 4.79 Å². The topological polar surface area (TPSA) is 55.1 Å². The highest BCUT2D eigenvalue weighted by molar-refractivity contribution is 8.00. The molecule has 1 aliphatic heterocycles. The maximum absolute atomic E-state index is 11.6. The number of nitrogens with one attached hydrogen (secondary N) is 1. The van der Waals surface area contributed by atoms with E-state index in [1.165, 1.54) is 12.8 Å². The van der Waals surface area contributed by atoms with Crippen molar-refractivity contribution in [1.82, 2.24) is 5.32 Å². The average Bonchev–Trinajstić information content (AvgIpc) is 2.19. The molecular weight excluding hydrogens is 184 g/mol. The molecule has 4 heteroatoms. The second-order valence-corrected chi connectivity index (χ2v) is 4.81. The van der Waals surface area contributed by atoms with Crippen molar-refractivity contribution >= 4 is 17.7 Å². The zero-order valence-electron chi connectivity index (χ0n) is 8.08. The fourth-order valence-electron chi connectivity index (χ4n) is 1.34. The van der Waals surface area contributed by atoms with Crippen molar-refractivity contribution in [3.05, 3.63) is 0 Å². The van der Waals surface area contributed by atoms with Gasteiger partial charge in [-0.25, -0.2) is 0 Å². The molecule has 0 bridgehead atoms. The van der Waals surface area contributed by atoms with Crippen LogP contribution in [0.4, 0.5) is 0 Å². The lowest BCUT2D eigenvalue weighted by Crippen LogP contribution is -2.42. The number of rotatable bonds is 3. The lowest BCUT2D eigenvalue weighted by atomic mass is 10.1. The van der Waals surface area contributed by atoms with Gasteiger partial charge in [-0.1, -0.05) is 6.42 Å². The van der Waals surface area contributed by atoms with Gasteiger partial charge in [0.2, 0.25) is 5.91 Å². The smallest absolute Gasteiger partial charge is 0.233 e. The van der Waals surface area contributed by atoms with E-state index in [0.717, 1.165) is 12.2 Å². The Morgan fingerprint density at radius 2 is 2.46 bits per heavy atom. The summed E-state index contributed by atoms with van der Waals surface area (Å²) < 4.78 is 0. The highest BCUT2D eigenvalue weighted by Gasteiger charge is 2.22. The van der Waals surface area contributed by atoms with E-state index in [0.29, 0.717) is 6.54 Å². The van der Waals surface area contributed by atoms with Gasteiger partial charge in [-0.2, -0.15) is 0 Å². The lowest BCUT2D eigenvalue weighted by Gasteiger charge is -2.22. The Kier molecular flexibility index (Phi) is 4.59. The highest BCUT2D eigenvalue weighted by Crippen LogP contribution is 2.24. The Balaban J connectivity index is 2.29. The second kappa shape index (κ2) is 5.50. The van der Waals surface area contributed by atoms with Gasteiger partial charge in [-0.3, -0.25) is 4.79 Å². The summed E-state index contributed by atoms with van der Waals surface area (Å²) in [5, 5.41) is 3.08. The minimum Gasteiger partial charge on any atom is -0.351 e. The SMILES string of the molecule is C[C@H](CN)NC(=O)C1CCCCS1. The Morgan fingerprint density at radius 1 is 1.69 bits per heavy atom. The molecule has 3 N–H and O–H groups in total. The molecule has 1 fully saturated rings. The molecule has 1 unspecified atom stereocenters. The van der Waals surface area contributed by atoms with Crippen LogP contribution < -0.4 is 11.1 Å². The average molecular weight is 202 g/mol. The van der Waals surface area contributed by atoms with Gasteiger partial charge in [0.25, 0.3) is 0 Å². The van der Waals surface area contributed by atoms with Gasteiger partial charge >= 0.3 is 0 Å². The third-order valence-electron chi connectivity index (χ3n) is 2.21. The highest BCUT2D eigenvalue weighted by atomic mass is 32.2. The molecule has 1 rings (SSSR count). The molecular formula is C9H18N2OS. The maximum Gasteiger partial charge on any atom is 0.233 e. The number of amides is 1. The van der Waals surface area contributed by atoms with E-state index in [2.05, 4.69) is 5.32 Å².